The van der Waals surface area contributed by atoms with Gasteiger partial charge < -0.3 is 9.84 Å². The van der Waals surface area contributed by atoms with E-state index in [2.05, 4.69) is 45.9 Å². The fourth-order valence-electron chi connectivity index (χ4n) is 2.13. The van der Waals surface area contributed by atoms with Gasteiger partial charge in [0.1, 0.15) is 12.4 Å². The van der Waals surface area contributed by atoms with E-state index in [1.165, 1.54) is 11.1 Å². The highest BCUT2D eigenvalue weighted by molar-refractivity contribution is 5.20. The third kappa shape index (κ3) is 6.25. The summed E-state index contributed by atoms with van der Waals surface area (Å²) in [6, 6.07) is 0. The molecule has 2 atom stereocenters. The summed E-state index contributed by atoms with van der Waals surface area (Å²) in [5, 5.41) is 9.18. The van der Waals surface area contributed by atoms with Crippen molar-refractivity contribution in [3.05, 3.63) is 47.3 Å². The normalized spacial score (nSPS) is 22.4. The van der Waals surface area contributed by atoms with Gasteiger partial charge in [-0.25, -0.2) is 0 Å². The van der Waals surface area contributed by atoms with E-state index in [4.69, 9.17) is 4.74 Å². The number of hydrogen-bond donors (Lipinski definition) is 1. The second-order valence-electron chi connectivity index (χ2n) is 5.82. The van der Waals surface area contributed by atoms with Gasteiger partial charge in [0.25, 0.3) is 0 Å². The smallest absolute Gasteiger partial charge is 0.115 e. The number of aliphatic hydroxyl groups excluding tert-OH is 1. The molecule has 0 fully saturated rings. The van der Waals surface area contributed by atoms with Gasteiger partial charge in [0, 0.05) is 12.5 Å². The molecule has 20 heavy (non-hydrogen) atoms. The number of ether oxygens (including phenoxy) is 1. The lowest BCUT2D eigenvalue weighted by atomic mass is 9.90. The highest BCUT2D eigenvalue weighted by Gasteiger charge is 2.16. The zero-order valence-corrected chi connectivity index (χ0v) is 13.2. The van der Waals surface area contributed by atoms with E-state index >= 15 is 0 Å². The van der Waals surface area contributed by atoms with Crippen LogP contribution >= 0.6 is 0 Å². The van der Waals surface area contributed by atoms with Crippen molar-refractivity contribution in [2.75, 3.05) is 13.2 Å². The van der Waals surface area contributed by atoms with Gasteiger partial charge in [-0.05, 0) is 57.8 Å². The van der Waals surface area contributed by atoms with E-state index in [1.54, 1.807) is 0 Å². The Morgan fingerprint density at radius 3 is 2.65 bits per heavy atom. The van der Waals surface area contributed by atoms with Crippen LogP contribution < -0.4 is 0 Å². The third-order valence-electron chi connectivity index (χ3n) is 3.59. The van der Waals surface area contributed by atoms with Crippen molar-refractivity contribution in [2.45, 2.75) is 40.5 Å². The second kappa shape index (κ2) is 8.80. The average molecular weight is 276 g/mol. The third-order valence-corrected chi connectivity index (χ3v) is 3.59. The molecule has 0 spiro atoms. The zero-order chi connectivity index (χ0) is 15.0. The molecule has 0 bridgehead atoms. The largest absolute Gasteiger partial charge is 0.490 e. The molecular formula is C18H28O2. The molecule has 0 aromatic carbocycles. The predicted octanol–water partition coefficient (Wildman–Crippen LogP) is 4.39. The van der Waals surface area contributed by atoms with Crippen LogP contribution in [0.5, 0.6) is 0 Å². The summed E-state index contributed by atoms with van der Waals surface area (Å²) >= 11 is 0. The first-order valence-corrected chi connectivity index (χ1v) is 7.45. The zero-order valence-electron chi connectivity index (χ0n) is 13.2. The van der Waals surface area contributed by atoms with Crippen molar-refractivity contribution in [2.24, 2.45) is 11.8 Å². The van der Waals surface area contributed by atoms with Crippen molar-refractivity contribution in [1.82, 2.24) is 0 Å². The highest BCUT2D eigenvalue weighted by atomic mass is 16.5. The van der Waals surface area contributed by atoms with Gasteiger partial charge in [-0.1, -0.05) is 30.2 Å². The molecule has 2 heteroatoms. The lowest BCUT2D eigenvalue weighted by Crippen LogP contribution is -2.15. The Morgan fingerprint density at radius 2 is 2.05 bits per heavy atom. The summed E-state index contributed by atoms with van der Waals surface area (Å²) in [6.07, 6.45) is 12.7. The van der Waals surface area contributed by atoms with Crippen molar-refractivity contribution in [1.29, 1.82) is 0 Å². The molecule has 0 aromatic rings. The second-order valence-corrected chi connectivity index (χ2v) is 5.82. The summed E-state index contributed by atoms with van der Waals surface area (Å²) in [4.78, 5) is 0. The fraction of sp³-hybridized carbons (Fsp3) is 0.556. The van der Waals surface area contributed by atoms with Gasteiger partial charge in [0.15, 0.2) is 0 Å². The van der Waals surface area contributed by atoms with E-state index < -0.39 is 0 Å². The van der Waals surface area contributed by atoms with Gasteiger partial charge in [-0.15, -0.1) is 0 Å². The van der Waals surface area contributed by atoms with E-state index in [0.717, 1.165) is 18.6 Å². The Bertz CT molecular complexity index is 409. The fourth-order valence-corrected chi connectivity index (χ4v) is 2.13. The summed E-state index contributed by atoms with van der Waals surface area (Å²) < 4.78 is 5.75. The minimum Gasteiger partial charge on any atom is -0.490 e. The van der Waals surface area contributed by atoms with Crippen molar-refractivity contribution >= 4 is 0 Å². The van der Waals surface area contributed by atoms with Crippen LogP contribution in [0.25, 0.3) is 0 Å². The Labute approximate surface area is 123 Å². The molecule has 0 radical (unpaired) electrons. The van der Waals surface area contributed by atoms with Gasteiger partial charge in [-0.3, -0.25) is 0 Å². The first-order chi connectivity index (χ1) is 9.52. The van der Waals surface area contributed by atoms with Gasteiger partial charge in [0.05, 0.1) is 0 Å². The number of hydrogen-bond acceptors (Lipinski definition) is 2. The summed E-state index contributed by atoms with van der Waals surface area (Å²) in [5.74, 6) is 1.47. The first-order valence-electron chi connectivity index (χ1n) is 7.45. The molecule has 112 valence electrons. The van der Waals surface area contributed by atoms with Crippen LogP contribution in [0.4, 0.5) is 0 Å². The maximum Gasteiger partial charge on any atom is 0.115 e. The van der Waals surface area contributed by atoms with Crippen LogP contribution in [0.1, 0.15) is 40.5 Å². The standard InChI is InChI=1S/C18H28O2/c1-14(2)6-5-7-15(3)10-11-20-18-9-8-17(13-19)16(4)12-18/h6,8-10,12,16-17,19H,5,7,11,13H2,1-4H3/b15-10+. The average Bonchev–Trinajstić information content (AvgIpc) is 2.38. The summed E-state index contributed by atoms with van der Waals surface area (Å²) in [6.45, 7) is 9.33. The Kier molecular flexibility index (Phi) is 7.38. The monoisotopic (exact) mass is 276 g/mol. The highest BCUT2D eigenvalue weighted by Crippen LogP contribution is 2.22. The SMILES string of the molecule is CC(C)=CCC/C(C)=C/COC1=CC(C)C(CO)C=C1. The molecule has 2 unspecified atom stereocenters. The molecule has 0 saturated heterocycles. The first kappa shape index (κ1) is 16.8. The van der Waals surface area contributed by atoms with Crippen molar-refractivity contribution < 1.29 is 9.84 Å². The number of allylic oxidation sites excluding steroid dienone is 5. The quantitative estimate of drug-likeness (QED) is 0.699. The maximum absolute atomic E-state index is 9.18. The topological polar surface area (TPSA) is 29.5 Å². The van der Waals surface area contributed by atoms with E-state index in [0.29, 0.717) is 12.5 Å². The molecule has 0 heterocycles. The molecule has 0 amide bonds. The van der Waals surface area contributed by atoms with E-state index in [1.807, 2.05) is 12.2 Å². The van der Waals surface area contributed by atoms with Crippen LogP contribution in [0.2, 0.25) is 0 Å². The van der Waals surface area contributed by atoms with Crippen molar-refractivity contribution in [3.63, 3.8) is 0 Å². The molecular weight excluding hydrogens is 248 g/mol. The molecule has 0 aromatic heterocycles. The van der Waals surface area contributed by atoms with Crippen LogP contribution in [-0.2, 0) is 4.74 Å². The molecule has 0 saturated carbocycles. The number of aliphatic hydroxyl groups is 1. The van der Waals surface area contributed by atoms with E-state index in [-0.39, 0.29) is 12.5 Å². The Morgan fingerprint density at radius 1 is 1.30 bits per heavy atom. The number of rotatable bonds is 7. The molecule has 1 aliphatic carbocycles. The van der Waals surface area contributed by atoms with Crippen molar-refractivity contribution in [3.8, 4) is 0 Å². The summed E-state index contributed by atoms with van der Waals surface area (Å²) in [7, 11) is 0. The molecule has 2 nitrogen and oxygen atoms in total. The van der Waals surface area contributed by atoms with Gasteiger partial charge >= 0.3 is 0 Å². The van der Waals surface area contributed by atoms with Crippen LogP contribution in [0.3, 0.4) is 0 Å². The minimum absolute atomic E-state index is 0.199. The lowest BCUT2D eigenvalue weighted by Gasteiger charge is -2.20. The predicted molar refractivity (Wildman–Crippen MR) is 85.3 cm³/mol. The van der Waals surface area contributed by atoms with Gasteiger partial charge in [0.2, 0.25) is 0 Å². The van der Waals surface area contributed by atoms with Crippen LogP contribution in [0, 0.1) is 11.8 Å². The van der Waals surface area contributed by atoms with Crippen LogP contribution in [-0.4, -0.2) is 18.3 Å². The lowest BCUT2D eigenvalue weighted by molar-refractivity contribution is 0.215. The Hall–Kier alpha value is -1.28. The minimum atomic E-state index is 0.199. The molecule has 1 rings (SSSR count). The molecule has 0 aliphatic heterocycles. The van der Waals surface area contributed by atoms with E-state index in [9.17, 15) is 5.11 Å². The molecule has 1 aliphatic rings. The summed E-state index contributed by atoms with van der Waals surface area (Å²) in [5.41, 5.74) is 2.74. The van der Waals surface area contributed by atoms with Crippen LogP contribution in [0.15, 0.2) is 47.3 Å². The maximum atomic E-state index is 9.18. The Balaban J connectivity index is 2.34. The molecule has 1 N–H and O–H groups in total. The van der Waals surface area contributed by atoms with Gasteiger partial charge in [-0.2, -0.15) is 0 Å².